The Kier molecular flexibility index (Phi) is 3.45. The molecule has 1 aliphatic carbocycles. The molecule has 0 aromatic carbocycles. The van der Waals surface area contributed by atoms with Crippen LogP contribution in [0.4, 0.5) is 4.39 Å². The van der Waals surface area contributed by atoms with Crippen LogP contribution in [-0.2, 0) is 14.4 Å². The van der Waals surface area contributed by atoms with Crippen LogP contribution in [0.5, 0.6) is 0 Å². The minimum Gasteiger partial charge on any atom is -0.550 e. The first-order valence-corrected chi connectivity index (χ1v) is 4.78. The molecule has 0 amide bonds. The second-order valence-electron chi connectivity index (χ2n) is 3.94. The van der Waals surface area contributed by atoms with E-state index in [4.69, 9.17) is 0 Å². The second-order valence-corrected chi connectivity index (χ2v) is 3.94. The molecule has 0 unspecified atom stereocenters. The summed E-state index contributed by atoms with van der Waals surface area (Å²) in [5.74, 6) is -4.84. The van der Waals surface area contributed by atoms with Crippen molar-refractivity contribution in [2.45, 2.75) is 19.8 Å². The van der Waals surface area contributed by atoms with E-state index in [2.05, 4.69) is 0 Å². The Balaban J connectivity index is 3.22. The normalized spacial score (nSPS) is 18.4. The Bertz CT molecular complexity index is 431. The van der Waals surface area contributed by atoms with Gasteiger partial charge in [0.25, 0.3) is 0 Å². The summed E-state index contributed by atoms with van der Waals surface area (Å²) in [6, 6.07) is 0. The van der Waals surface area contributed by atoms with Gasteiger partial charge in [0.2, 0.25) is 0 Å². The third-order valence-electron chi connectivity index (χ3n) is 2.50. The fraction of sp³-hybridized carbons (Fsp3) is 0.364. The van der Waals surface area contributed by atoms with E-state index in [-0.39, 0.29) is 5.57 Å². The number of rotatable bonds is 4. The van der Waals surface area contributed by atoms with Crippen LogP contribution in [-0.4, -0.2) is 17.7 Å². The lowest BCUT2D eigenvalue weighted by atomic mass is 9.72. The van der Waals surface area contributed by atoms with Gasteiger partial charge in [-0.1, -0.05) is 0 Å². The first kappa shape index (κ1) is 13.1. The maximum atomic E-state index is 13.2. The van der Waals surface area contributed by atoms with Gasteiger partial charge in [-0.2, -0.15) is 0 Å². The molecule has 0 saturated carbocycles. The summed E-state index contributed by atoms with van der Waals surface area (Å²) in [7, 11) is 0. The molecule has 0 atom stereocenters. The van der Waals surface area contributed by atoms with Gasteiger partial charge in [-0.25, -0.2) is 4.39 Å². The molecule has 0 fully saturated rings. The quantitative estimate of drug-likeness (QED) is 0.604. The van der Waals surface area contributed by atoms with Crippen LogP contribution in [0.2, 0.25) is 0 Å². The summed E-state index contributed by atoms with van der Waals surface area (Å²) >= 11 is 0. The topological polar surface area (TPSA) is 97.3 Å². The minimum atomic E-state index is -1.94. The monoisotopic (exact) mass is 240 g/mol. The van der Waals surface area contributed by atoms with Crippen molar-refractivity contribution < 1.29 is 29.0 Å². The lowest BCUT2D eigenvalue weighted by Gasteiger charge is -2.32. The summed E-state index contributed by atoms with van der Waals surface area (Å²) in [6.45, 7) is 1.29. The highest BCUT2D eigenvalue weighted by Gasteiger charge is 2.39. The predicted molar refractivity (Wildman–Crippen MR) is 49.6 cm³/mol. The number of hydrogen-bond acceptors (Lipinski definition) is 5. The molecule has 0 saturated heterocycles. The largest absolute Gasteiger partial charge is 0.550 e. The van der Waals surface area contributed by atoms with Crippen molar-refractivity contribution in [3.63, 3.8) is 0 Å². The highest BCUT2D eigenvalue weighted by molar-refractivity contribution is 6.05. The fourth-order valence-corrected chi connectivity index (χ4v) is 1.88. The van der Waals surface area contributed by atoms with E-state index >= 15 is 0 Å². The van der Waals surface area contributed by atoms with Gasteiger partial charge in [0.1, 0.15) is 5.83 Å². The van der Waals surface area contributed by atoms with Gasteiger partial charge < -0.3 is 19.8 Å². The number of halogens is 1. The molecule has 0 bridgehead atoms. The van der Waals surface area contributed by atoms with Crippen LogP contribution in [0.3, 0.4) is 0 Å². The van der Waals surface area contributed by atoms with E-state index in [0.717, 1.165) is 6.08 Å². The molecular weight excluding hydrogens is 231 g/mol. The van der Waals surface area contributed by atoms with Gasteiger partial charge in [-0.3, -0.25) is 4.79 Å². The van der Waals surface area contributed by atoms with Crippen LogP contribution in [0, 0.1) is 5.41 Å². The number of hydrogen-bond donors (Lipinski definition) is 0. The van der Waals surface area contributed by atoms with Crippen molar-refractivity contribution in [1.82, 2.24) is 0 Å². The molecule has 0 radical (unpaired) electrons. The number of carbonyl (C=O) groups excluding carboxylic acids is 3. The summed E-state index contributed by atoms with van der Waals surface area (Å²) < 4.78 is 13.2. The van der Waals surface area contributed by atoms with E-state index in [9.17, 15) is 29.0 Å². The Hall–Kier alpha value is -1.98. The zero-order chi connectivity index (χ0) is 13.2. The van der Waals surface area contributed by atoms with Crippen molar-refractivity contribution in [3.8, 4) is 0 Å². The van der Waals surface area contributed by atoms with Crippen LogP contribution < -0.4 is 10.2 Å². The Morgan fingerprint density at radius 2 is 1.76 bits per heavy atom. The Morgan fingerprint density at radius 3 is 2.18 bits per heavy atom. The number of aliphatic carboxylic acids is 2. The molecule has 1 rings (SSSR count). The lowest BCUT2D eigenvalue weighted by Crippen LogP contribution is -2.43. The number of allylic oxidation sites excluding steroid dienone is 4. The fourth-order valence-electron chi connectivity index (χ4n) is 1.88. The van der Waals surface area contributed by atoms with Crippen LogP contribution in [0.25, 0.3) is 0 Å². The maximum Gasteiger partial charge on any atom is 0.169 e. The highest BCUT2D eigenvalue weighted by Crippen LogP contribution is 2.37. The number of ketones is 1. The first-order valence-electron chi connectivity index (χ1n) is 4.78. The summed E-state index contributed by atoms with van der Waals surface area (Å²) in [5, 5.41) is 21.1. The van der Waals surface area contributed by atoms with Gasteiger partial charge in [-0.05, 0) is 24.6 Å². The van der Waals surface area contributed by atoms with E-state index in [1.165, 1.54) is 6.92 Å². The first-order chi connectivity index (χ1) is 7.77. The van der Waals surface area contributed by atoms with E-state index in [0.29, 0.717) is 6.08 Å². The van der Waals surface area contributed by atoms with Crippen molar-refractivity contribution in [2.75, 3.05) is 0 Å². The molecular formula is C11H9FO5-2. The SMILES string of the molecule is CC1=CC(F)=CC(CC(=O)[O-])(CC(=O)[O-])C1=O. The highest BCUT2D eigenvalue weighted by atomic mass is 19.1. The van der Waals surface area contributed by atoms with Gasteiger partial charge >= 0.3 is 0 Å². The van der Waals surface area contributed by atoms with E-state index < -0.39 is 41.8 Å². The molecule has 0 N–H and O–H groups in total. The maximum absolute atomic E-state index is 13.2. The number of carbonyl (C=O) groups is 3. The zero-order valence-corrected chi connectivity index (χ0v) is 8.99. The third kappa shape index (κ3) is 2.77. The van der Waals surface area contributed by atoms with Gasteiger partial charge in [0.05, 0.1) is 5.41 Å². The molecule has 0 aliphatic heterocycles. The Morgan fingerprint density at radius 1 is 1.29 bits per heavy atom. The predicted octanol–water partition coefficient (Wildman–Crippen LogP) is -1.36. The van der Waals surface area contributed by atoms with Crippen molar-refractivity contribution in [1.29, 1.82) is 0 Å². The van der Waals surface area contributed by atoms with Crippen molar-refractivity contribution in [2.24, 2.45) is 5.41 Å². The molecule has 17 heavy (non-hydrogen) atoms. The van der Waals surface area contributed by atoms with Gasteiger partial charge in [-0.15, -0.1) is 0 Å². The molecule has 0 spiro atoms. The van der Waals surface area contributed by atoms with Crippen LogP contribution in [0.15, 0.2) is 23.6 Å². The smallest absolute Gasteiger partial charge is 0.169 e. The van der Waals surface area contributed by atoms with Crippen molar-refractivity contribution in [3.05, 3.63) is 23.6 Å². The van der Waals surface area contributed by atoms with E-state index in [1.807, 2.05) is 0 Å². The minimum absolute atomic E-state index is 0.0347. The van der Waals surface area contributed by atoms with E-state index in [1.54, 1.807) is 0 Å². The summed E-state index contributed by atoms with van der Waals surface area (Å²) in [6.07, 6.45) is -0.157. The lowest BCUT2D eigenvalue weighted by molar-refractivity contribution is -0.311. The van der Waals surface area contributed by atoms with Crippen molar-refractivity contribution >= 4 is 17.7 Å². The van der Waals surface area contributed by atoms with Crippen LogP contribution in [0.1, 0.15) is 19.8 Å². The number of Topliss-reactive ketones (excluding diaryl/α,β-unsaturated/α-hetero) is 1. The van der Waals surface area contributed by atoms with Crippen LogP contribution >= 0.6 is 0 Å². The zero-order valence-electron chi connectivity index (χ0n) is 8.99. The Labute approximate surface area is 96.2 Å². The van der Waals surface area contributed by atoms with Gasteiger partial charge in [0.15, 0.2) is 5.78 Å². The second kappa shape index (κ2) is 4.48. The molecule has 0 aromatic rings. The molecule has 0 aromatic heterocycles. The molecule has 5 nitrogen and oxygen atoms in total. The standard InChI is InChI=1S/C11H11FO5/c1-6-2-7(12)3-11(10(6)17,4-8(13)14)5-9(15)16/h2-3H,4-5H2,1H3,(H,13,14)(H,15,16)/p-2. The third-order valence-corrected chi connectivity index (χ3v) is 2.50. The van der Waals surface area contributed by atoms with Gasteiger partial charge in [0, 0.05) is 24.8 Å². The molecule has 1 aliphatic rings. The number of carboxylic acids is 2. The molecule has 6 heteroatoms. The summed E-state index contributed by atoms with van der Waals surface area (Å²) in [5.41, 5.74) is -1.98. The number of carboxylic acid groups (broad SMARTS) is 2. The molecule has 92 valence electrons. The molecule has 0 heterocycles. The average molecular weight is 240 g/mol. The summed E-state index contributed by atoms with van der Waals surface area (Å²) in [4.78, 5) is 32.9. The average Bonchev–Trinajstić information content (AvgIpc) is 2.11.